The van der Waals surface area contributed by atoms with E-state index in [9.17, 15) is 13.6 Å². The molecule has 98 valence electrons. The lowest BCUT2D eigenvalue weighted by atomic mass is 9.75. The van der Waals surface area contributed by atoms with Gasteiger partial charge in [0, 0.05) is 6.07 Å². The fourth-order valence-electron chi connectivity index (χ4n) is 2.69. The average molecular weight is 253 g/mol. The first-order chi connectivity index (χ1) is 8.55. The number of halogens is 2. The van der Waals surface area contributed by atoms with E-state index < -0.39 is 17.0 Å². The largest absolute Gasteiger partial charge is 0.323 e. The van der Waals surface area contributed by atoms with Gasteiger partial charge in [-0.2, -0.15) is 0 Å². The normalized spacial score (nSPS) is 21.9. The molecule has 1 aromatic rings. The van der Waals surface area contributed by atoms with Crippen molar-refractivity contribution < 1.29 is 13.6 Å². The van der Waals surface area contributed by atoms with Gasteiger partial charge in [-0.3, -0.25) is 4.79 Å². The molecule has 0 aromatic heterocycles. The van der Waals surface area contributed by atoms with Crippen molar-refractivity contribution >= 4 is 11.6 Å². The van der Waals surface area contributed by atoms with E-state index in [1.807, 2.05) is 13.8 Å². The Bertz CT molecular complexity index is 487. The number of fused-ring (bicyclic) bond motifs is 1. The Labute approximate surface area is 105 Å². The first-order valence-corrected chi connectivity index (χ1v) is 6.36. The molecule has 0 fully saturated rings. The summed E-state index contributed by atoms with van der Waals surface area (Å²) in [5, 5.41) is 2.56. The van der Waals surface area contributed by atoms with Gasteiger partial charge < -0.3 is 5.32 Å². The smallest absolute Gasteiger partial charge is 0.235 e. The number of amides is 1. The maximum Gasteiger partial charge on any atom is 0.235 e. The fourth-order valence-corrected chi connectivity index (χ4v) is 2.69. The summed E-state index contributed by atoms with van der Waals surface area (Å²) >= 11 is 0. The van der Waals surface area contributed by atoms with Crippen LogP contribution in [0.2, 0.25) is 0 Å². The van der Waals surface area contributed by atoms with E-state index in [2.05, 4.69) is 5.32 Å². The zero-order valence-corrected chi connectivity index (χ0v) is 10.6. The summed E-state index contributed by atoms with van der Waals surface area (Å²) in [6.07, 6.45) is 2.98. The molecule has 2 rings (SSSR count). The molecule has 1 amide bonds. The third-order valence-electron chi connectivity index (χ3n) is 3.80. The number of carbonyl (C=O) groups is 1. The molecule has 0 aliphatic carbocycles. The van der Waals surface area contributed by atoms with Crippen LogP contribution in [0.4, 0.5) is 14.5 Å². The molecule has 18 heavy (non-hydrogen) atoms. The van der Waals surface area contributed by atoms with Gasteiger partial charge in [0.05, 0.1) is 11.1 Å². The third-order valence-corrected chi connectivity index (χ3v) is 3.80. The lowest BCUT2D eigenvalue weighted by Gasteiger charge is -2.25. The number of nitrogens with one attached hydrogen (secondary N) is 1. The third kappa shape index (κ3) is 1.80. The van der Waals surface area contributed by atoms with Gasteiger partial charge in [-0.05, 0) is 24.5 Å². The Morgan fingerprint density at radius 3 is 2.61 bits per heavy atom. The van der Waals surface area contributed by atoms with E-state index in [0.717, 1.165) is 18.9 Å². The van der Waals surface area contributed by atoms with Gasteiger partial charge in [0.15, 0.2) is 0 Å². The van der Waals surface area contributed by atoms with Crippen LogP contribution in [0.15, 0.2) is 12.1 Å². The molecule has 0 radical (unpaired) electrons. The summed E-state index contributed by atoms with van der Waals surface area (Å²) < 4.78 is 27.0. The Balaban J connectivity index is 2.54. The highest BCUT2D eigenvalue weighted by molar-refractivity contribution is 6.06. The van der Waals surface area contributed by atoms with Crippen LogP contribution in [0, 0.1) is 11.6 Å². The number of unbranched alkanes of at least 4 members (excludes halogenated alkanes) is 1. The molecule has 1 aromatic carbocycles. The van der Waals surface area contributed by atoms with Crippen molar-refractivity contribution in [2.45, 2.75) is 44.9 Å². The van der Waals surface area contributed by atoms with Crippen LogP contribution in [0.5, 0.6) is 0 Å². The zero-order chi connectivity index (χ0) is 13.3. The van der Waals surface area contributed by atoms with Crippen LogP contribution in [0.25, 0.3) is 0 Å². The Hall–Kier alpha value is -1.45. The second kappa shape index (κ2) is 4.67. The standard InChI is InChI=1S/C14H17F2NO/c1-3-5-6-14(4-2)10-7-9(15)8-11(16)12(10)17-13(14)18/h7-8H,3-6H2,1-2H3,(H,17,18). The van der Waals surface area contributed by atoms with Crippen molar-refractivity contribution in [3.63, 3.8) is 0 Å². The fraction of sp³-hybridized carbons (Fsp3) is 0.500. The summed E-state index contributed by atoms with van der Waals surface area (Å²) in [5.74, 6) is -1.53. The highest BCUT2D eigenvalue weighted by Gasteiger charge is 2.46. The molecule has 0 spiro atoms. The van der Waals surface area contributed by atoms with Gasteiger partial charge in [-0.15, -0.1) is 0 Å². The Morgan fingerprint density at radius 1 is 1.28 bits per heavy atom. The van der Waals surface area contributed by atoms with Crippen molar-refractivity contribution in [1.29, 1.82) is 0 Å². The zero-order valence-electron chi connectivity index (χ0n) is 10.6. The van der Waals surface area contributed by atoms with Crippen LogP contribution in [-0.4, -0.2) is 5.91 Å². The molecule has 2 nitrogen and oxygen atoms in total. The maximum atomic E-state index is 13.7. The number of benzene rings is 1. The summed E-state index contributed by atoms with van der Waals surface area (Å²) in [5.41, 5.74) is -0.144. The highest BCUT2D eigenvalue weighted by atomic mass is 19.1. The highest BCUT2D eigenvalue weighted by Crippen LogP contribution is 2.45. The van der Waals surface area contributed by atoms with E-state index in [0.29, 0.717) is 18.4 Å². The van der Waals surface area contributed by atoms with Gasteiger partial charge in [0.1, 0.15) is 11.6 Å². The monoisotopic (exact) mass is 253 g/mol. The van der Waals surface area contributed by atoms with E-state index in [1.165, 1.54) is 6.07 Å². The van der Waals surface area contributed by atoms with Crippen LogP contribution < -0.4 is 5.32 Å². The summed E-state index contributed by atoms with van der Waals surface area (Å²) in [4.78, 5) is 12.2. The first-order valence-electron chi connectivity index (χ1n) is 6.36. The lowest BCUT2D eigenvalue weighted by Crippen LogP contribution is -2.33. The molecule has 1 atom stereocenters. The van der Waals surface area contributed by atoms with Crippen LogP contribution >= 0.6 is 0 Å². The Morgan fingerprint density at radius 2 is 2.00 bits per heavy atom. The number of hydrogen-bond acceptors (Lipinski definition) is 1. The number of anilines is 1. The molecule has 0 saturated heterocycles. The minimum atomic E-state index is -0.770. The van der Waals surface area contributed by atoms with E-state index >= 15 is 0 Å². The van der Waals surface area contributed by atoms with Crippen molar-refractivity contribution in [1.82, 2.24) is 0 Å². The van der Waals surface area contributed by atoms with Gasteiger partial charge in [0.2, 0.25) is 5.91 Å². The summed E-state index contributed by atoms with van der Waals surface area (Å²) in [7, 11) is 0. The molecule has 1 aliphatic rings. The predicted molar refractivity (Wildman–Crippen MR) is 66.5 cm³/mol. The first kappa shape index (κ1) is 13.0. The molecular weight excluding hydrogens is 236 g/mol. The van der Waals surface area contributed by atoms with Crippen LogP contribution in [-0.2, 0) is 10.2 Å². The van der Waals surface area contributed by atoms with E-state index in [4.69, 9.17) is 0 Å². The summed E-state index contributed by atoms with van der Waals surface area (Å²) in [6, 6.07) is 2.10. The number of rotatable bonds is 4. The number of hydrogen-bond donors (Lipinski definition) is 1. The second-order valence-electron chi connectivity index (χ2n) is 4.80. The van der Waals surface area contributed by atoms with Crippen molar-refractivity contribution in [3.8, 4) is 0 Å². The van der Waals surface area contributed by atoms with E-state index in [-0.39, 0.29) is 11.6 Å². The lowest BCUT2D eigenvalue weighted by molar-refractivity contribution is -0.121. The van der Waals surface area contributed by atoms with Crippen molar-refractivity contribution in [2.75, 3.05) is 5.32 Å². The molecule has 1 heterocycles. The minimum absolute atomic E-state index is 0.152. The van der Waals surface area contributed by atoms with Crippen molar-refractivity contribution in [2.24, 2.45) is 0 Å². The molecule has 1 aliphatic heterocycles. The molecule has 0 saturated carbocycles. The van der Waals surface area contributed by atoms with Crippen LogP contribution in [0.3, 0.4) is 0 Å². The molecule has 0 bridgehead atoms. The predicted octanol–water partition coefficient (Wildman–Crippen LogP) is 3.75. The van der Waals surface area contributed by atoms with Gasteiger partial charge in [-0.25, -0.2) is 8.78 Å². The van der Waals surface area contributed by atoms with Crippen molar-refractivity contribution in [3.05, 3.63) is 29.3 Å². The number of carbonyl (C=O) groups excluding carboxylic acids is 1. The quantitative estimate of drug-likeness (QED) is 0.869. The molecular formula is C14H17F2NO. The topological polar surface area (TPSA) is 29.1 Å². The molecule has 4 heteroatoms. The minimum Gasteiger partial charge on any atom is -0.323 e. The van der Waals surface area contributed by atoms with E-state index in [1.54, 1.807) is 0 Å². The molecule has 1 unspecified atom stereocenters. The Kier molecular flexibility index (Phi) is 3.37. The maximum absolute atomic E-state index is 13.7. The summed E-state index contributed by atoms with van der Waals surface area (Å²) in [6.45, 7) is 3.91. The van der Waals surface area contributed by atoms with Crippen LogP contribution in [0.1, 0.15) is 45.1 Å². The average Bonchev–Trinajstić information content (AvgIpc) is 2.61. The second-order valence-corrected chi connectivity index (χ2v) is 4.80. The SMILES string of the molecule is CCCCC1(CC)C(=O)Nc2c(F)cc(F)cc21. The van der Waals surface area contributed by atoms with Gasteiger partial charge >= 0.3 is 0 Å². The van der Waals surface area contributed by atoms with Gasteiger partial charge in [-0.1, -0.05) is 26.7 Å². The van der Waals surface area contributed by atoms with Gasteiger partial charge in [0.25, 0.3) is 0 Å². The molecule has 1 N–H and O–H groups in total.